The first-order valence-electron chi connectivity index (χ1n) is 12.7. The Labute approximate surface area is 197 Å². The fourth-order valence-corrected chi connectivity index (χ4v) is 6.01. The van der Waals surface area contributed by atoms with Crippen molar-refractivity contribution >= 4 is 22.6 Å². The van der Waals surface area contributed by atoms with Gasteiger partial charge >= 0.3 is 0 Å². The largest absolute Gasteiger partial charge is 0.369 e. The molecule has 7 nitrogen and oxygen atoms in total. The molecule has 1 amide bonds. The number of hydrogen-bond acceptors (Lipinski definition) is 6. The number of piperidine rings is 2. The molecular formula is C26H38N6O. The summed E-state index contributed by atoms with van der Waals surface area (Å²) in [6, 6.07) is 5.29. The van der Waals surface area contributed by atoms with Crippen LogP contribution >= 0.6 is 0 Å². The lowest BCUT2D eigenvalue weighted by atomic mass is 9.95. The minimum atomic E-state index is 0.0185. The van der Waals surface area contributed by atoms with Crippen molar-refractivity contribution in [3.05, 3.63) is 30.1 Å². The number of rotatable bonds is 4. The quantitative estimate of drug-likeness (QED) is 0.773. The van der Waals surface area contributed by atoms with Gasteiger partial charge in [0, 0.05) is 50.7 Å². The van der Waals surface area contributed by atoms with Gasteiger partial charge in [0.2, 0.25) is 5.91 Å². The van der Waals surface area contributed by atoms with E-state index in [9.17, 15) is 4.79 Å². The molecule has 0 unspecified atom stereocenters. The lowest BCUT2D eigenvalue weighted by molar-refractivity contribution is -0.126. The van der Waals surface area contributed by atoms with Gasteiger partial charge in [-0.1, -0.05) is 13.0 Å². The summed E-state index contributed by atoms with van der Waals surface area (Å²) in [5, 5.41) is 3.41. The molecule has 0 radical (unpaired) electrons. The van der Waals surface area contributed by atoms with Gasteiger partial charge in [0.25, 0.3) is 0 Å². The maximum Gasteiger partial charge on any atom is 0.225 e. The van der Waals surface area contributed by atoms with Crippen molar-refractivity contribution in [2.75, 3.05) is 51.2 Å². The Balaban J connectivity index is 1.18. The van der Waals surface area contributed by atoms with Crippen LogP contribution in [-0.4, -0.2) is 84.1 Å². The zero-order valence-electron chi connectivity index (χ0n) is 20.3. The topological polar surface area (TPSA) is 64.6 Å². The van der Waals surface area contributed by atoms with Crippen LogP contribution in [0.4, 0.5) is 5.69 Å². The van der Waals surface area contributed by atoms with Crippen molar-refractivity contribution < 1.29 is 4.79 Å². The molecule has 1 aromatic carbocycles. The van der Waals surface area contributed by atoms with Crippen LogP contribution in [0.1, 0.15) is 38.2 Å². The lowest BCUT2D eigenvalue weighted by Gasteiger charge is -2.41. The van der Waals surface area contributed by atoms with Crippen molar-refractivity contribution in [1.29, 1.82) is 0 Å². The van der Waals surface area contributed by atoms with Gasteiger partial charge in [0.05, 0.1) is 17.1 Å². The first-order valence-corrected chi connectivity index (χ1v) is 12.7. The molecule has 3 fully saturated rings. The standard InChI is InChI=1S/C26H38N6O/c1-18-4-5-23(25-24(18)27-10-11-28-25)32-16-19(2)22(17-32)26(33)29-20-6-14-31(15-7-20)21-8-12-30(3)13-9-21/h4-5,10-11,19-22H,6-9,12-17H2,1-3H3,(H,29,33)/t19-,22-/m0/s1. The van der Waals surface area contributed by atoms with Crippen molar-refractivity contribution in [3.63, 3.8) is 0 Å². The third kappa shape index (κ3) is 4.71. The van der Waals surface area contributed by atoms with Gasteiger partial charge in [-0.3, -0.25) is 14.8 Å². The number of hydrogen-bond donors (Lipinski definition) is 1. The van der Waals surface area contributed by atoms with E-state index < -0.39 is 0 Å². The zero-order chi connectivity index (χ0) is 22.9. The van der Waals surface area contributed by atoms with Crippen LogP contribution in [0.3, 0.4) is 0 Å². The Hall–Kier alpha value is -2.25. The maximum atomic E-state index is 13.3. The number of aryl methyl sites for hydroxylation is 1. The number of fused-ring (bicyclic) bond motifs is 1. The normalized spacial score (nSPS) is 26.2. The number of amides is 1. The highest BCUT2D eigenvalue weighted by Gasteiger charge is 2.37. The minimum absolute atomic E-state index is 0.0185. The Morgan fingerprint density at radius 2 is 1.67 bits per heavy atom. The molecule has 3 aliphatic heterocycles. The summed E-state index contributed by atoms with van der Waals surface area (Å²) in [6.45, 7) is 10.5. The number of nitrogens with zero attached hydrogens (tertiary/aromatic N) is 5. The number of carbonyl (C=O) groups excluding carboxylic acids is 1. The van der Waals surface area contributed by atoms with Crippen LogP contribution in [0.25, 0.3) is 11.0 Å². The second-order valence-electron chi connectivity index (χ2n) is 10.5. The molecule has 0 spiro atoms. The van der Waals surface area contributed by atoms with Crippen LogP contribution in [0.5, 0.6) is 0 Å². The van der Waals surface area contributed by atoms with Crippen LogP contribution < -0.4 is 10.2 Å². The van der Waals surface area contributed by atoms with Crippen molar-refractivity contribution in [3.8, 4) is 0 Å². The maximum absolute atomic E-state index is 13.3. The number of nitrogens with one attached hydrogen (secondary N) is 1. The Morgan fingerprint density at radius 3 is 2.39 bits per heavy atom. The van der Waals surface area contributed by atoms with Crippen LogP contribution in [0.2, 0.25) is 0 Å². The van der Waals surface area contributed by atoms with E-state index in [0.29, 0.717) is 12.0 Å². The van der Waals surface area contributed by atoms with Gasteiger partial charge in [-0.05, 0) is 70.3 Å². The van der Waals surface area contributed by atoms with Gasteiger partial charge in [-0.2, -0.15) is 0 Å². The molecule has 2 atom stereocenters. The predicted molar refractivity (Wildman–Crippen MR) is 132 cm³/mol. The SMILES string of the molecule is Cc1ccc(N2C[C@H](C(=O)NC3CCN(C4CCN(C)CC4)CC3)[C@@H](C)C2)c2nccnc12. The molecule has 0 saturated carbocycles. The molecule has 1 aromatic heterocycles. The second kappa shape index (κ2) is 9.55. The molecule has 1 N–H and O–H groups in total. The Morgan fingerprint density at radius 1 is 0.970 bits per heavy atom. The van der Waals surface area contributed by atoms with Crippen LogP contribution in [0, 0.1) is 18.8 Å². The van der Waals surface area contributed by atoms with Gasteiger partial charge in [-0.15, -0.1) is 0 Å². The fraction of sp³-hybridized carbons (Fsp3) is 0.654. The molecular weight excluding hydrogens is 412 g/mol. The third-order valence-corrected chi connectivity index (χ3v) is 8.18. The van der Waals surface area contributed by atoms with Crippen LogP contribution in [-0.2, 0) is 4.79 Å². The van der Waals surface area contributed by atoms with Gasteiger partial charge in [0.15, 0.2) is 0 Å². The molecule has 7 heteroatoms. The van der Waals surface area contributed by atoms with E-state index in [1.165, 1.54) is 25.9 Å². The highest BCUT2D eigenvalue weighted by Crippen LogP contribution is 2.33. The summed E-state index contributed by atoms with van der Waals surface area (Å²) in [4.78, 5) is 29.8. The molecule has 3 aliphatic rings. The summed E-state index contributed by atoms with van der Waals surface area (Å²) >= 11 is 0. The first kappa shape index (κ1) is 22.5. The molecule has 0 bridgehead atoms. The summed E-state index contributed by atoms with van der Waals surface area (Å²) in [5.74, 6) is 0.563. The van der Waals surface area contributed by atoms with E-state index in [4.69, 9.17) is 0 Å². The monoisotopic (exact) mass is 450 g/mol. The lowest BCUT2D eigenvalue weighted by Crippen LogP contribution is -2.51. The molecule has 0 aliphatic carbocycles. The van der Waals surface area contributed by atoms with Crippen molar-refractivity contribution in [1.82, 2.24) is 25.1 Å². The highest BCUT2D eigenvalue weighted by atomic mass is 16.2. The molecule has 5 rings (SSSR count). The van der Waals surface area contributed by atoms with E-state index in [1.54, 1.807) is 12.4 Å². The summed E-state index contributed by atoms with van der Waals surface area (Å²) in [5.41, 5.74) is 4.12. The van der Waals surface area contributed by atoms with E-state index in [1.807, 2.05) is 0 Å². The van der Waals surface area contributed by atoms with Crippen LogP contribution in [0.15, 0.2) is 24.5 Å². The molecule has 178 valence electrons. The van der Waals surface area contributed by atoms with E-state index in [2.05, 4.69) is 63.0 Å². The van der Waals surface area contributed by atoms with Gasteiger partial charge in [0.1, 0.15) is 5.52 Å². The molecule has 33 heavy (non-hydrogen) atoms. The van der Waals surface area contributed by atoms with E-state index >= 15 is 0 Å². The summed E-state index contributed by atoms with van der Waals surface area (Å²) in [7, 11) is 2.22. The Bertz CT molecular complexity index is 980. The first-order chi connectivity index (χ1) is 16.0. The number of likely N-dealkylation sites (tertiary alicyclic amines) is 2. The summed E-state index contributed by atoms with van der Waals surface area (Å²) < 4.78 is 0. The summed E-state index contributed by atoms with van der Waals surface area (Å²) in [6.07, 6.45) is 8.21. The second-order valence-corrected chi connectivity index (χ2v) is 10.5. The smallest absolute Gasteiger partial charge is 0.225 e. The highest BCUT2D eigenvalue weighted by molar-refractivity contribution is 5.91. The Kier molecular flexibility index (Phi) is 6.52. The molecule has 3 saturated heterocycles. The minimum Gasteiger partial charge on any atom is -0.369 e. The van der Waals surface area contributed by atoms with E-state index in [0.717, 1.165) is 67.3 Å². The van der Waals surface area contributed by atoms with E-state index in [-0.39, 0.29) is 11.8 Å². The predicted octanol–water partition coefficient (Wildman–Crippen LogP) is 2.69. The number of carbonyl (C=O) groups is 1. The average molecular weight is 451 g/mol. The fourth-order valence-electron chi connectivity index (χ4n) is 6.01. The van der Waals surface area contributed by atoms with Crippen molar-refractivity contribution in [2.45, 2.75) is 51.6 Å². The molecule has 4 heterocycles. The molecule has 2 aromatic rings. The van der Waals surface area contributed by atoms with Crippen molar-refractivity contribution in [2.24, 2.45) is 11.8 Å². The number of anilines is 1. The van der Waals surface area contributed by atoms with Gasteiger partial charge < -0.3 is 20.0 Å². The zero-order valence-corrected chi connectivity index (χ0v) is 20.3. The number of benzene rings is 1. The third-order valence-electron chi connectivity index (χ3n) is 8.18. The van der Waals surface area contributed by atoms with Gasteiger partial charge in [-0.25, -0.2) is 0 Å². The average Bonchev–Trinajstić information content (AvgIpc) is 3.22. The number of aromatic nitrogens is 2.